The topological polar surface area (TPSA) is 128 Å². The molecule has 0 unspecified atom stereocenters. The van der Waals surface area contributed by atoms with Gasteiger partial charge in [0.15, 0.2) is 0 Å². The molecule has 13 nitrogen and oxygen atoms in total. The van der Waals surface area contributed by atoms with E-state index >= 15 is 4.57 Å². The Morgan fingerprint density at radius 2 is 0.609 bits per heavy atom. The minimum atomic E-state index is -2.93. The zero-order valence-corrected chi connectivity index (χ0v) is 37.3. The van der Waals surface area contributed by atoms with Crippen LogP contribution in [-0.4, -0.2) is 106 Å². The monoisotopic (exact) mass is 898 g/mol. The Morgan fingerprint density at radius 1 is 0.297 bits per heavy atom. The SMILES string of the molecule is O=P1(c2ccccc2)Cc2ccc(cc2)OCc2cc3cc(c2)OCCOCCOCCOCCOc2cc(cc(c2)OCCOCCOCCOCCO3)COc2ccc(cc2)C1. The highest BCUT2D eigenvalue weighted by atomic mass is 31.2. The first-order chi connectivity index (χ1) is 31.6. The first kappa shape index (κ1) is 46.9. The molecular formula is C50H59O13P. The summed E-state index contributed by atoms with van der Waals surface area (Å²) in [6.45, 7) is 6.83. The van der Waals surface area contributed by atoms with Crippen LogP contribution in [0.5, 0.6) is 34.5 Å². The van der Waals surface area contributed by atoms with E-state index in [9.17, 15) is 0 Å². The van der Waals surface area contributed by atoms with Crippen molar-refractivity contribution in [3.05, 3.63) is 138 Å². The summed E-state index contributed by atoms with van der Waals surface area (Å²) in [4.78, 5) is 0. The van der Waals surface area contributed by atoms with Gasteiger partial charge in [-0.1, -0.05) is 54.6 Å². The predicted molar refractivity (Wildman–Crippen MR) is 242 cm³/mol. The fourth-order valence-corrected chi connectivity index (χ4v) is 9.76. The molecule has 342 valence electrons. The number of benzene rings is 5. The molecule has 0 fully saturated rings. The van der Waals surface area contributed by atoms with Crippen LogP contribution in [0.4, 0.5) is 0 Å². The van der Waals surface area contributed by atoms with E-state index in [2.05, 4.69) is 0 Å². The van der Waals surface area contributed by atoms with Gasteiger partial charge in [0.1, 0.15) is 81.3 Å². The first-order valence-electron chi connectivity index (χ1n) is 21.9. The van der Waals surface area contributed by atoms with Crippen molar-refractivity contribution in [2.24, 2.45) is 0 Å². The van der Waals surface area contributed by atoms with Crippen molar-refractivity contribution in [2.45, 2.75) is 25.5 Å². The third kappa shape index (κ3) is 16.2. The maximum Gasteiger partial charge on any atom is 0.124 e. The molecule has 12 rings (SSSR count). The molecule has 0 amide bonds. The number of rotatable bonds is 1. The third-order valence-electron chi connectivity index (χ3n) is 10.1. The lowest BCUT2D eigenvalue weighted by atomic mass is 10.2. The van der Waals surface area contributed by atoms with Gasteiger partial charge in [-0.2, -0.15) is 0 Å². The summed E-state index contributed by atoms with van der Waals surface area (Å²) in [5, 5.41) is 0.835. The summed E-state index contributed by atoms with van der Waals surface area (Å²) < 4.78 is 86.3. The third-order valence-corrected chi connectivity index (χ3v) is 13.1. The highest BCUT2D eigenvalue weighted by molar-refractivity contribution is 7.70. The van der Waals surface area contributed by atoms with Crippen molar-refractivity contribution < 1.29 is 61.4 Å². The second-order valence-corrected chi connectivity index (χ2v) is 18.0. The molecule has 0 aliphatic carbocycles. The molecule has 0 atom stereocenters. The average Bonchev–Trinajstić information content (AvgIpc) is 3.31. The van der Waals surface area contributed by atoms with Gasteiger partial charge in [-0.15, -0.1) is 0 Å². The van der Waals surface area contributed by atoms with Gasteiger partial charge in [0.05, 0.1) is 79.3 Å². The molecule has 7 aliphatic rings. The first-order valence-corrected chi connectivity index (χ1v) is 24.0. The van der Waals surface area contributed by atoms with Crippen molar-refractivity contribution in [3.8, 4) is 34.5 Å². The molecule has 0 radical (unpaired) electrons. The summed E-state index contributed by atoms with van der Waals surface area (Å²) in [6.07, 6.45) is 0.786. The van der Waals surface area contributed by atoms with E-state index in [0.29, 0.717) is 153 Å². The van der Waals surface area contributed by atoms with E-state index < -0.39 is 7.14 Å². The molecule has 0 saturated carbocycles. The fourth-order valence-electron chi connectivity index (χ4n) is 6.96. The van der Waals surface area contributed by atoms with E-state index in [0.717, 1.165) is 27.6 Å². The molecule has 5 aromatic carbocycles. The van der Waals surface area contributed by atoms with Crippen LogP contribution in [0.15, 0.2) is 115 Å². The molecule has 7 heterocycles. The van der Waals surface area contributed by atoms with Gasteiger partial charge < -0.3 is 61.4 Å². The zero-order chi connectivity index (χ0) is 43.9. The summed E-state index contributed by atoms with van der Waals surface area (Å²) in [5.41, 5.74) is 3.64. The molecule has 0 saturated heterocycles. The van der Waals surface area contributed by atoms with Gasteiger partial charge in [0.25, 0.3) is 0 Å². The average molecular weight is 899 g/mol. The van der Waals surface area contributed by atoms with Crippen molar-refractivity contribution in [1.29, 1.82) is 0 Å². The van der Waals surface area contributed by atoms with Gasteiger partial charge in [0, 0.05) is 29.8 Å². The van der Waals surface area contributed by atoms with Crippen LogP contribution in [0, 0.1) is 0 Å². The largest absolute Gasteiger partial charge is 0.491 e. The van der Waals surface area contributed by atoms with Crippen molar-refractivity contribution >= 4 is 12.4 Å². The molecule has 0 N–H and O–H groups in total. The molecule has 0 spiro atoms. The van der Waals surface area contributed by atoms with Gasteiger partial charge >= 0.3 is 0 Å². The predicted octanol–water partition coefficient (Wildman–Crippen LogP) is 7.88. The Kier molecular flexibility index (Phi) is 19.0. The van der Waals surface area contributed by atoms with Crippen molar-refractivity contribution in [2.75, 3.05) is 106 Å². The molecular weight excluding hydrogens is 840 g/mol. The van der Waals surface area contributed by atoms with Crippen molar-refractivity contribution in [3.63, 3.8) is 0 Å². The summed E-state index contributed by atoms with van der Waals surface area (Å²) >= 11 is 0. The molecule has 0 aromatic heterocycles. The van der Waals surface area contributed by atoms with Gasteiger partial charge in [-0.25, -0.2) is 0 Å². The van der Waals surface area contributed by atoms with Crippen LogP contribution in [0.3, 0.4) is 0 Å². The highest BCUT2D eigenvalue weighted by Crippen LogP contribution is 2.51. The van der Waals surface area contributed by atoms with E-state index in [1.165, 1.54) is 0 Å². The maximum absolute atomic E-state index is 15.0. The Labute approximate surface area is 376 Å². The summed E-state index contributed by atoms with van der Waals surface area (Å²) in [6, 6.07) is 36.8. The van der Waals surface area contributed by atoms with Gasteiger partial charge in [-0.05, 0) is 70.8 Å². The quantitative estimate of drug-likeness (QED) is 0.152. The normalized spacial score (nSPS) is 18.2. The lowest BCUT2D eigenvalue weighted by molar-refractivity contribution is 0.00432. The van der Waals surface area contributed by atoms with Gasteiger partial charge in [-0.3, -0.25) is 0 Å². The Balaban J connectivity index is 1.12. The van der Waals surface area contributed by atoms with Gasteiger partial charge in [0.2, 0.25) is 0 Å². The Morgan fingerprint density at radius 3 is 0.938 bits per heavy atom. The lowest BCUT2D eigenvalue weighted by Gasteiger charge is -2.20. The molecule has 14 heteroatoms. The summed E-state index contributed by atoms with van der Waals surface area (Å²) in [7, 11) is -2.93. The van der Waals surface area contributed by atoms with Crippen LogP contribution in [0.1, 0.15) is 22.3 Å². The molecule has 7 aliphatic heterocycles. The second-order valence-electron chi connectivity index (χ2n) is 15.1. The van der Waals surface area contributed by atoms with E-state index in [4.69, 9.17) is 56.8 Å². The van der Waals surface area contributed by atoms with Crippen molar-refractivity contribution in [1.82, 2.24) is 0 Å². The van der Waals surface area contributed by atoms with Crippen LogP contribution in [0.2, 0.25) is 0 Å². The van der Waals surface area contributed by atoms with E-state index in [1.54, 1.807) is 0 Å². The number of hydrogen-bond donors (Lipinski definition) is 0. The second kappa shape index (κ2) is 26.0. The smallest absolute Gasteiger partial charge is 0.124 e. The Bertz CT molecular complexity index is 1950. The highest BCUT2D eigenvalue weighted by Gasteiger charge is 2.26. The van der Waals surface area contributed by atoms with Crippen LogP contribution in [0.25, 0.3) is 0 Å². The Hall–Kier alpha value is -5.11. The lowest BCUT2D eigenvalue weighted by Crippen LogP contribution is -2.15. The molecule has 64 heavy (non-hydrogen) atoms. The van der Waals surface area contributed by atoms with E-state index in [-0.39, 0.29) is 13.2 Å². The fraction of sp³-hybridized carbons (Fsp3) is 0.400. The standard InChI is InChI=1S/C50H59O13P/c51-64(50-4-2-1-3-5-50)38-40-6-10-44(11-7-40)62-36-42-30-46-34-47(31-42)59-27-23-55-19-15-53-17-21-57-25-29-61-49-33-43(37-63-45-12-8-41(39-64)9-13-45)32-48(35-49)60-28-24-56-20-16-52-14-18-54-22-26-58-46/h1-13,30-35H,14-29,36-39H2. The minimum Gasteiger partial charge on any atom is -0.491 e. The van der Waals surface area contributed by atoms with Crippen LogP contribution in [-0.2, 0) is 58.5 Å². The number of ether oxygens (including phenoxy) is 12. The summed E-state index contributed by atoms with van der Waals surface area (Å²) in [5.74, 6) is 3.89. The van der Waals surface area contributed by atoms with E-state index in [1.807, 2.05) is 115 Å². The molecule has 10 bridgehead atoms. The maximum atomic E-state index is 15.0. The van der Waals surface area contributed by atoms with Crippen LogP contribution >= 0.6 is 7.14 Å². The minimum absolute atomic E-state index is 0.275. The number of hydrogen-bond acceptors (Lipinski definition) is 13. The molecule has 5 aromatic rings. The van der Waals surface area contributed by atoms with Crippen LogP contribution < -0.4 is 33.7 Å². The zero-order valence-electron chi connectivity index (χ0n) is 36.4.